The Morgan fingerprint density at radius 2 is 1.65 bits per heavy atom. The summed E-state index contributed by atoms with van der Waals surface area (Å²) in [5.74, 6) is -0.319. The van der Waals surface area contributed by atoms with Crippen molar-refractivity contribution in [1.82, 2.24) is 5.32 Å². The van der Waals surface area contributed by atoms with Gasteiger partial charge in [0.25, 0.3) is 10.0 Å². The molecule has 0 saturated carbocycles. The third kappa shape index (κ3) is 4.64. The number of hydrogen-bond donors (Lipinski definition) is 1. The minimum Gasteiger partial charge on any atom is -0.355 e. The number of rotatable bonds is 7. The minimum absolute atomic E-state index is 0.171. The largest absolute Gasteiger partial charge is 0.355 e. The molecule has 0 unspecified atom stereocenters. The van der Waals surface area contributed by atoms with Gasteiger partial charge in [0, 0.05) is 6.54 Å². The fourth-order valence-electron chi connectivity index (χ4n) is 2.48. The molecule has 0 radical (unpaired) electrons. The van der Waals surface area contributed by atoms with Crippen LogP contribution in [0.5, 0.6) is 0 Å². The first-order valence-electron chi connectivity index (χ1n) is 8.69. The molecule has 0 heterocycles. The van der Waals surface area contributed by atoms with E-state index in [4.69, 9.17) is 0 Å². The van der Waals surface area contributed by atoms with Crippen LogP contribution in [0.25, 0.3) is 0 Å². The number of nitrogens with zero attached hydrogens (tertiary/aromatic N) is 1. The van der Waals surface area contributed by atoms with Crippen LogP contribution in [-0.2, 0) is 14.8 Å². The first kappa shape index (κ1) is 20.0. The van der Waals surface area contributed by atoms with Crippen molar-refractivity contribution in [3.63, 3.8) is 0 Å². The van der Waals surface area contributed by atoms with Gasteiger partial charge in [-0.25, -0.2) is 8.42 Å². The second kappa shape index (κ2) is 8.36. The summed E-state index contributed by atoms with van der Waals surface area (Å²) in [6.07, 6.45) is 0.792. The topological polar surface area (TPSA) is 66.5 Å². The van der Waals surface area contributed by atoms with Crippen molar-refractivity contribution in [2.45, 2.75) is 39.0 Å². The van der Waals surface area contributed by atoms with Crippen molar-refractivity contribution in [3.8, 4) is 0 Å². The quantitative estimate of drug-likeness (QED) is 0.808. The zero-order valence-corrected chi connectivity index (χ0v) is 16.6. The Kier molecular flexibility index (Phi) is 6.42. The van der Waals surface area contributed by atoms with Gasteiger partial charge in [-0.15, -0.1) is 0 Å². The summed E-state index contributed by atoms with van der Waals surface area (Å²) in [4.78, 5) is 12.4. The summed E-state index contributed by atoms with van der Waals surface area (Å²) in [7, 11) is -3.85. The number of amides is 1. The van der Waals surface area contributed by atoms with Crippen molar-refractivity contribution in [1.29, 1.82) is 0 Å². The van der Waals surface area contributed by atoms with Gasteiger partial charge in [-0.05, 0) is 62.6 Å². The third-order valence-electron chi connectivity index (χ3n) is 4.25. The standard InChI is InChI=1S/C20H26N2O3S/c1-5-12-21-20(23)14-22(18-9-8-16(3)17(4)13-18)26(24,25)19-10-6-15(2)7-11-19/h6-11,13H,5,12,14H2,1-4H3,(H,21,23). The first-order valence-corrected chi connectivity index (χ1v) is 10.1. The molecule has 2 aromatic rings. The van der Waals surface area contributed by atoms with Gasteiger partial charge in [-0.3, -0.25) is 9.10 Å². The van der Waals surface area contributed by atoms with Crippen LogP contribution in [0.15, 0.2) is 47.4 Å². The highest BCUT2D eigenvalue weighted by molar-refractivity contribution is 7.92. The normalized spacial score (nSPS) is 11.2. The van der Waals surface area contributed by atoms with Gasteiger partial charge in [0.2, 0.25) is 5.91 Å². The SMILES string of the molecule is CCCNC(=O)CN(c1ccc(C)c(C)c1)S(=O)(=O)c1ccc(C)cc1. The zero-order chi connectivity index (χ0) is 19.3. The molecule has 0 fully saturated rings. The van der Waals surface area contributed by atoms with Crippen LogP contribution in [0.2, 0.25) is 0 Å². The second-order valence-electron chi connectivity index (χ2n) is 6.44. The van der Waals surface area contributed by atoms with E-state index in [0.29, 0.717) is 12.2 Å². The Balaban J connectivity index is 2.46. The molecule has 0 bridgehead atoms. The predicted octanol–water partition coefficient (Wildman–Crippen LogP) is 3.33. The molecule has 26 heavy (non-hydrogen) atoms. The number of benzene rings is 2. The maximum atomic E-state index is 13.2. The lowest BCUT2D eigenvalue weighted by molar-refractivity contribution is -0.119. The van der Waals surface area contributed by atoms with E-state index >= 15 is 0 Å². The lowest BCUT2D eigenvalue weighted by atomic mass is 10.1. The zero-order valence-electron chi connectivity index (χ0n) is 15.7. The molecule has 0 saturated heterocycles. The molecule has 6 heteroatoms. The van der Waals surface area contributed by atoms with Crippen molar-refractivity contribution in [2.24, 2.45) is 0 Å². The van der Waals surface area contributed by atoms with E-state index in [2.05, 4.69) is 5.32 Å². The first-order chi connectivity index (χ1) is 12.3. The molecule has 1 amide bonds. The monoisotopic (exact) mass is 374 g/mol. The number of carbonyl (C=O) groups is 1. The maximum absolute atomic E-state index is 13.2. The van der Waals surface area contributed by atoms with Gasteiger partial charge < -0.3 is 5.32 Å². The number of nitrogens with one attached hydrogen (secondary N) is 1. The van der Waals surface area contributed by atoms with Crippen LogP contribution >= 0.6 is 0 Å². The molecule has 0 aliphatic carbocycles. The lowest BCUT2D eigenvalue weighted by Crippen LogP contribution is -2.41. The van der Waals surface area contributed by atoms with E-state index in [-0.39, 0.29) is 17.3 Å². The Bertz CT molecular complexity index is 874. The third-order valence-corrected chi connectivity index (χ3v) is 6.03. The molecule has 0 spiro atoms. The Morgan fingerprint density at radius 3 is 2.23 bits per heavy atom. The summed E-state index contributed by atoms with van der Waals surface area (Å²) >= 11 is 0. The van der Waals surface area contributed by atoms with E-state index < -0.39 is 10.0 Å². The van der Waals surface area contributed by atoms with Gasteiger partial charge in [-0.2, -0.15) is 0 Å². The van der Waals surface area contributed by atoms with E-state index in [1.165, 1.54) is 4.31 Å². The maximum Gasteiger partial charge on any atom is 0.264 e. The molecule has 2 aromatic carbocycles. The van der Waals surface area contributed by atoms with Crippen LogP contribution in [0.4, 0.5) is 5.69 Å². The fraction of sp³-hybridized carbons (Fsp3) is 0.350. The molecule has 0 aliphatic heterocycles. The summed E-state index contributed by atoms with van der Waals surface area (Å²) < 4.78 is 27.6. The summed E-state index contributed by atoms with van der Waals surface area (Å²) in [5.41, 5.74) is 3.50. The van der Waals surface area contributed by atoms with Gasteiger partial charge in [0.05, 0.1) is 10.6 Å². The molecule has 1 N–H and O–H groups in total. The van der Waals surface area contributed by atoms with Crippen molar-refractivity contribution >= 4 is 21.6 Å². The second-order valence-corrected chi connectivity index (χ2v) is 8.31. The molecule has 0 aromatic heterocycles. The van der Waals surface area contributed by atoms with E-state index in [1.54, 1.807) is 36.4 Å². The number of anilines is 1. The van der Waals surface area contributed by atoms with Gasteiger partial charge >= 0.3 is 0 Å². The Labute approximate surface area is 156 Å². The average Bonchev–Trinajstić information content (AvgIpc) is 2.60. The van der Waals surface area contributed by atoms with Gasteiger partial charge in [-0.1, -0.05) is 30.7 Å². The molecule has 2 rings (SSSR count). The highest BCUT2D eigenvalue weighted by Gasteiger charge is 2.27. The van der Waals surface area contributed by atoms with Crippen LogP contribution in [-0.4, -0.2) is 27.4 Å². The highest BCUT2D eigenvalue weighted by Crippen LogP contribution is 2.25. The lowest BCUT2D eigenvalue weighted by Gasteiger charge is -2.25. The Hall–Kier alpha value is -2.34. The number of hydrogen-bond acceptors (Lipinski definition) is 3. The Morgan fingerprint density at radius 1 is 1.00 bits per heavy atom. The van der Waals surface area contributed by atoms with Crippen LogP contribution in [0.1, 0.15) is 30.0 Å². The highest BCUT2D eigenvalue weighted by atomic mass is 32.2. The number of sulfonamides is 1. The molecular weight excluding hydrogens is 348 g/mol. The minimum atomic E-state index is -3.85. The number of aryl methyl sites for hydroxylation is 3. The predicted molar refractivity (Wildman–Crippen MR) is 105 cm³/mol. The summed E-state index contributed by atoms with van der Waals surface area (Å²) in [6.45, 7) is 8.00. The summed E-state index contributed by atoms with van der Waals surface area (Å²) in [6, 6.07) is 12.1. The molecular formula is C20H26N2O3S. The van der Waals surface area contributed by atoms with E-state index in [1.807, 2.05) is 33.8 Å². The number of carbonyl (C=O) groups excluding carboxylic acids is 1. The van der Waals surface area contributed by atoms with Crippen LogP contribution in [0.3, 0.4) is 0 Å². The molecule has 140 valence electrons. The van der Waals surface area contributed by atoms with Crippen LogP contribution in [0, 0.1) is 20.8 Å². The van der Waals surface area contributed by atoms with Crippen molar-refractivity contribution in [2.75, 3.05) is 17.4 Å². The van der Waals surface area contributed by atoms with Gasteiger partial charge in [0.1, 0.15) is 6.54 Å². The van der Waals surface area contributed by atoms with Crippen molar-refractivity contribution in [3.05, 3.63) is 59.2 Å². The molecule has 0 atom stereocenters. The smallest absolute Gasteiger partial charge is 0.264 e. The van der Waals surface area contributed by atoms with Crippen LogP contribution < -0.4 is 9.62 Å². The fourth-order valence-corrected chi connectivity index (χ4v) is 3.90. The average molecular weight is 375 g/mol. The molecule has 5 nitrogen and oxygen atoms in total. The van der Waals surface area contributed by atoms with Crippen molar-refractivity contribution < 1.29 is 13.2 Å². The van der Waals surface area contributed by atoms with Gasteiger partial charge in [0.15, 0.2) is 0 Å². The summed E-state index contributed by atoms with van der Waals surface area (Å²) in [5, 5.41) is 2.75. The van der Waals surface area contributed by atoms with E-state index in [9.17, 15) is 13.2 Å². The molecule has 0 aliphatic rings. The van der Waals surface area contributed by atoms with E-state index in [0.717, 1.165) is 23.1 Å².